The largest absolute Gasteiger partial charge is 2.00 e. The molecule has 0 atom stereocenters. The van der Waals surface area contributed by atoms with Crippen molar-refractivity contribution in [2.75, 3.05) is 23.5 Å². The molecule has 0 saturated carbocycles. The molecule has 270 valence electrons. The zero-order valence-corrected chi connectivity index (χ0v) is 33.3. The molecule has 1 aliphatic heterocycles. The minimum atomic E-state index is -0.680. The molecule has 0 saturated heterocycles. The fourth-order valence-corrected chi connectivity index (χ4v) is 9.33. The summed E-state index contributed by atoms with van der Waals surface area (Å²) in [5, 5.41) is 2.32. The van der Waals surface area contributed by atoms with Gasteiger partial charge in [-0.25, -0.2) is 4.98 Å². The number of nitrogens with zero attached hydrogens (tertiary/aromatic N) is 4. The fraction of sp³-hybridized carbons (Fsp3) is 0.0784. The van der Waals surface area contributed by atoms with Crippen molar-refractivity contribution in [3.63, 3.8) is 0 Å². The quantitative estimate of drug-likeness (QED) is 0.161. The second-order valence-electron chi connectivity index (χ2n) is 14.8. The molecule has 0 bridgehead atoms. The van der Waals surface area contributed by atoms with E-state index in [2.05, 4.69) is 204 Å². The Kier molecular flexibility index (Phi) is 8.09. The van der Waals surface area contributed by atoms with Crippen molar-refractivity contribution < 1.29 is 21.1 Å². The van der Waals surface area contributed by atoms with E-state index in [9.17, 15) is 0 Å². The van der Waals surface area contributed by atoms with Gasteiger partial charge in [-0.05, 0) is 81.6 Å². The first-order valence-corrected chi connectivity index (χ1v) is 18.9. The molecule has 0 N–H and O–H groups in total. The Bertz CT molecular complexity index is 2930. The summed E-state index contributed by atoms with van der Waals surface area (Å²) in [4.78, 5) is 9.69. The Morgan fingerprint density at radius 1 is 0.589 bits per heavy atom. The van der Waals surface area contributed by atoms with Crippen molar-refractivity contribution in [3.05, 3.63) is 210 Å². The van der Waals surface area contributed by atoms with Crippen LogP contribution in [-0.2, 0) is 26.5 Å². The normalized spacial score (nSPS) is 13.8. The third-order valence-electron chi connectivity index (χ3n) is 11.8. The Morgan fingerprint density at radius 2 is 1.25 bits per heavy atom. The monoisotopic (exact) mass is 899 g/mol. The molecule has 0 fully saturated rings. The van der Waals surface area contributed by atoms with E-state index in [1.54, 1.807) is 0 Å². The summed E-state index contributed by atoms with van der Waals surface area (Å²) in [6.07, 6.45) is 1.93. The second-order valence-corrected chi connectivity index (χ2v) is 14.8. The van der Waals surface area contributed by atoms with Gasteiger partial charge in [0.05, 0.1) is 18.0 Å². The van der Waals surface area contributed by atoms with Gasteiger partial charge in [0.25, 0.3) is 0 Å². The summed E-state index contributed by atoms with van der Waals surface area (Å²) in [6, 6.07) is 67.3. The van der Waals surface area contributed by atoms with Crippen LogP contribution in [0.3, 0.4) is 0 Å². The first-order chi connectivity index (χ1) is 27.1. The molecule has 1 aliphatic carbocycles. The number of pyridine rings is 1. The van der Waals surface area contributed by atoms with E-state index in [1.807, 2.05) is 6.20 Å². The number of para-hydroxylation sites is 3. The molecular formula is C51H36N4Pt. The van der Waals surface area contributed by atoms with Crippen molar-refractivity contribution >= 4 is 38.9 Å². The van der Waals surface area contributed by atoms with Crippen molar-refractivity contribution in [2.45, 2.75) is 12.3 Å². The Labute approximate surface area is 341 Å². The van der Waals surface area contributed by atoms with E-state index in [0.717, 1.165) is 51.3 Å². The average Bonchev–Trinajstić information content (AvgIpc) is 3.87. The summed E-state index contributed by atoms with van der Waals surface area (Å²) in [5.41, 5.74) is 15.6. The van der Waals surface area contributed by atoms with Crippen molar-refractivity contribution in [3.8, 4) is 28.1 Å². The maximum Gasteiger partial charge on any atom is 2.00 e. The average molecular weight is 900 g/mol. The molecule has 2 aliphatic rings. The number of anilines is 3. The van der Waals surface area contributed by atoms with Gasteiger partial charge in [-0.15, -0.1) is 22.6 Å². The van der Waals surface area contributed by atoms with E-state index < -0.39 is 5.41 Å². The fourth-order valence-electron chi connectivity index (χ4n) is 9.33. The first kappa shape index (κ1) is 34.3. The van der Waals surface area contributed by atoms with Crippen LogP contribution < -0.4 is 9.80 Å². The molecule has 0 unspecified atom stereocenters. The van der Waals surface area contributed by atoms with Gasteiger partial charge >= 0.3 is 21.1 Å². The summed E-state index contributed by atoms with van der Waals surface area (Å²) >= 11 is 0. The number of aryl methyl sites for hydroxylation is 1. The molecule has 4 nitrogen and oxygen atoms in total. The first-order valence-electron chi connectivity index (χ1n) is 18.9. The van der Waals surface area contributed by atoms with E-state index in [4.69, 9.17) is 4.98 Å². The zero-order chi connectivity index (χ0) is 36.7. The van der Waals surface area contributed by atoms with Crippen molar-refractivity contribution in [1.82, 2.24) is 9.55 Å². The molecule has 56 heavy (non-hydrogen) atoms. The summed E-state index contributed by atoms with van der Waals surface area (Å²) < 4.78 is 2.30. The van der Waals surface area contributed by atoms with Crippen LogP contribution >= 0.6 is 0 Å². The molecule has 11 rings (SSSR count). The predicted molar refractivity (Wildman–Crippen MR) is 226 cm³/mol. The number of benzene rings is 7. The predicted octanol–water partition coefficient (Wildman–Crippen LogP) is 11.7. The molecule has 0 radical (unpaired) electrons. The Balaban J connectivity index is 0.00000384. The minimum Gasteiger partial charge on any atom is -0.355 e. The van der Waals surface area contributed by atoms with Crippen LogP contribution in [0, 0.1) is 19.1 Å². The van der Waals surface area contributed by atoms with Gasteiger partial charge in [-0.2, -0.15) is 36.4 Å². The van der Waals surface area contributed by atoms with Gasteiger partial charge in [0.1, 0.15) is 5.82 Å². The zero-order valence-electron chi connectivity index (χ0n) is 31.0. The number of aromatic nitrogens is 2. The molecule has 0 spiro atoms. The topological polar surface area (TPSA) is 24.3 Å². The third kappa shape index (κ3) is 4.92. The van der Waals surface area contributed by atoms with Crippen LogP contribution in [0.25, 0.3) is 49.9 Å². The van der Waals surface area contributed by atoms with Gasteiger partial charge < -0.3 is 14.4 Å². The van der Waals surface area contributed by atoms with Crippen molar-refractivity contribution in [2.24, 2.45) is 0 Å². The molecular weight excluding hydrogens is 864 g/mol. The van der Waals surface area contributed by atoms with E-state index in [-0.39, 0.29) is 21.1 Å². The summed E-state index contributed by atoms with van der Waals surface area (Å²) in [6.45, 7) is 2.92. The number of rotatable bonds is 5. The molecule has 9 aromatic rings. The van der Waals surface area contributed by atoms with Crippen LogP contribution in [0.2, 0.25) is 0 Å². The van der Waals surface area contributed by atoms with E-state index in [0.29, 0.717) is 0 Å². The maximum atomic E-state index is 5.02. The van der Waals surface area contributed by atoms with Crippen LogP contribution in [0.4, 0.5) is 17.1 Å². The standard InChI is InChI=1S/C51H36N4.Pt/c1-34-14-3-4-17-39(34)35-28-29-52-50(30-35)55-46-23-10-7-20-42(46)43-27-26-37(32-49(43)55)51(44-21-8-5-18-40(44)41-19-6-9-22-45(41)51)36-15-13-16-38(31-36)54-33-53(2)47-24-11-12-25-48(47)54;/h3-30H,33H2,1-2H3;/q-2;+2. The summed E-state index contributed by atoms with van der Waals surface area (Å²) in [7, 11) is 2.16. The van der Waals surface area contributed by atoms with Crippen LogP contribution in [-0.4, -0.2) is 23.3 Å². The minimum absolute atomic E-state index is 0. The third-order valence-corrected chi connectivity index (χ3v) is 11.8. The number of hydrogen-bond donors (Lipinski definition) is 0. The van der Waals surface area contributed by atoms with Crippen LogP contribution in [0.5, 0.6) is 0 Å². The van der Waals surface area contributed by atoms with E-state index in [1.165, 1.54) is 50.1 Å². The molecule has 0 amide bonds. The Hall–Kier alpha value is -6.22. The summed E-state index contributed by atoms with van der Waals surface area (Å²) in [5.74, 6) is 0.868. The van der Waals surface area contributed by atoms with Crippen LogP contribution in [0.15, 0.2) is 170 Å². The van der Waals surface area contributed by atoms with Crippen molar-refractivity contribution in [1.29, 1.82) is 0 Å². The van der Waals surface area contributed by atoms with Gasteiger partial charge in [-0.1, -0.05) is 114 Å². The molecule has 7 aromatic carbocycles. The number of hydrogen-bond acceptors (Lipinski definition) is 3. The van der Waals surface area contributed by atoms with Gasteiger partial charge in [0.2, 0.25) is 0 Å². The van der Waals surface area contributed by atoms with Crippen LogP contribution in [0.1, 0.15) is 27.8 Å². The second kappa shape index (κ2) is 13.2. The van der Waals surface area contributed by atoms with Gasteiger partial charge in [-0.3, -0.25) is 0 Å². The number of fused-ring (bicyclic) bond motifs is 7. The van der Waals surface area contributed by atoms with E-state index >= 15 is 0 Å². The molecule has 5 heteroatoms. The molecule has 2 aromatic heterocycles. The maximum absolute atomic E-state index is 5.02. The van der Waals surface area contributed by atoms with Gasteiger partial charge in [0.15, 0.2) is 0 Å². The smallest absolute Gasteiger partial charge is 0.355 e. The Morgan fingerprint density at radius 3 is 2.04 bits per heavy atom. The SMILES string of the molecule is Cc1ccccc1-c1ccnc(-n2c3[c-]c(C4(c5[c-]c(N6CN(C)c7ccccc76)ccc5)c5ccccc5-c5ccccc54)ccc3c3ccccc32)c1.[Pt+2]. The van der Waals surface area contributed by atoms with Gasteiger partial charge in [0, 0.05) is 24.2 Å². The molecule has 3 heterocycles.